The van der Waals surface area contributed by atoms with Gasteiger partial charge in [-0.05, 0) is 68.1 Å². The summed E-state index contributed by atoms with van der Waals surface area (Å²) < 4.78 is 5.29. The quantitative estimate of drug-likeness (QED) is 0.553. The summed E-state index contributed by atoms with van der Waals surface area (Å²) in [4.78, 5) is 18.3. The van der Waals surface area contributed by atoms with Crippen LogP contribution in [0.3, 0.4) is 0 Å². The van der Waals surface area contributed by atoms with Crippen molar-refractivity contribution in [2.45, 2.75) is 38.1 Å². The monoisotopic (exact) mass is 405 g/mol. The number of nitrogens with zero attached hydrogens (tertiary/aromatic N) is 1. The van der Waals surface area contributed by atoms with E-state index in [0.29, 0.717) is 13.0 Å². The predicted octanol–water partition coefficient (Wildman–Crippen LogP) is 4.45. The number of fused-ring (bicyclic) bond motifs is 1. The summed E-state index contributed by atoms with van der Waals surface area (Å²) in [7, 11) is 1.68. The van der Waals surface area contributed by atoms with Crippen LogP contribution in [0.4, 0.5) is 0 Å². The highest BCUT2D eigenvalue weighted by molar-refractivity contribution is 5.83. The van der Waals surface area contributed by atoms with Crippen molar-refractivity contribution < 1.29 is 9.53 Å². The number of hydrogen-bond acceptors (Lipinski definition) is 3. The van der Waals surface area contributed by atoms with Crippen molar-refractivity contribution in [2.75, 3.05) is 26.7 Å². The molecule has 158 valence electrons. The molecule has 3 aromatic rings. The van der Waals surface area contributed by atoms with Crippen LogP contribution in [0.25, 0.3) is 10.9 Å². The van der Waals surface area contributed by atoms with E-state index < -0.39 is 0 Å². The van der Waals surface area contributed by atoms with Gasteiger partial charge >= 0.3 is 0 Å². The molecule has 30 heavy (non-hydrogen) atoms. The number of ether oxygens (including phenoxy) is 1. The predicted molar refractivity (Wildman–Crippen MR) is 121 cm³/mol. The van der Waals surface area contributed by atoms with Gasteiger partial charge in [0.05, 0.1) is 13.2 Å². The number of rotatable bonds is 9. The summed E-state index contributed by atoms with van der Waals surface area (Å²) in [6, 6.07) is 16.8. The van der Waals surface area contributed by atoms with Gasteiger partial charge in [0, 0.05) is 30.1 Å². The average Bonchev–Trinajstić information content (AvgIpc) is 3.45. The molecule has 0 bridgehead atoms. The van der Waals surface area contributed by atoms with Crippen LogP contribution in [-0.2, 0) is 11.2 Å². The molecule has 2 heterocycles. The van der Waals surface area contributed by atoms with E-state index in [4.69, 9.17) is 4.74 Å². The largest absolute Gasteiger partial charge is 0.497 e. The van der Waals surface area contributed by atoms with Gasteiger partial charge in [0.2, 0.25) is 5.91 Å². The first-order valence-electron chi connectivity index (χ1n) is 10.9. The van der Waals surface area contributed by atoms with Crippen molar-refractivity contribution in [1.29, 1.82) is 0 Å². The maximum atomic E-state index is 12.5. The number of methoxy groups -OCH3 is 1. The highest BCUT2D eigenvalue weighted by Crippen LogP contribution is 2.26. The molecule has 0 radical (unpaired) electrons. The van der Waals surface area contributed by atoms with Crippen LogP contribution in [0.5, 0.6) is 5.75 Å². The first-order valence-corrected chi connectivity index (χ1v) is 10.9. The van der Waals surface area contributed by atoms with Gasteiger partial charge in [-0.15, -0.1) is 0 Å². The van der Waals surface area contributed by atoms with Gasteiger partial charge < -0.3 is 15.0 Å². The summed E-state index contributed by atoms with van der Waals surface area (Å²) >= 11 is 0. The fraction of sp³-hybridized carbons (Fsp3) is 0.400. The Morgan fingerprint density at radius 1 is 1.13 bits per heavy atom. The van der Waals surface area contributed by atoms with Gasteiger partial charge in [-0.25, -0.2) is 0 Å². The zero-order valence-electron chi connectivity index (χ0n) is 17.7. The zero-order valence-corrected chi connectivity index (χ0v) is 17.7. The molecule has 1 aliphatic rings. The number of carbonyl (C=O) groups is 1. The van der Waals surface area contributed by atoms with E-state index >= 15 is 0 Å². The van der Waals surface area contributed by atoms with Crippen LogP contribution >= 0.6 is 0 Å². The molecule has 4 rings (SSSR count). The number of H-pyrrole nitrogens is 1. The maximum absolute atomic E-state index is 12.5. The van der Waals surface area contributed by atoms with E-state index in [9.17, 15) is 4.79 Å². The topological polar surface area (TPSA) is 57.4 Å². The number of aryl methyl sites for hydroxylation is 1. The van der Waals surface area contributed by atoms with E-state index in [1.54, 1.807) is 7.11 Å². The van der Waals surface area contributed by atoms with Gasteiger partial charge in [-0.1, -0.05) is 30.3 Å². The maximum Gasteiger partial charge on any atom is 0.220 e. The molecular weight excluding hydrogens is 374 g/mol. The second-order valence-electron chi connectivity index (χ2n) is 8.05. The fourth-order valence-electron chi connectivity index (χ4n) is 4.41. The number of aromatic amines is 1. The van der Waals surface area contributed by atoms with Crippen molar-refractivity contribution in [2.24, 2.45) is 0 Å². The molecule has 2 N–H and O–H groups in total. The van der Waals surface area contributed by atoms with Crippen molar-refractivity contribution in [3.8, 4) is 5.75 Å². The van der Waals surface area contributed by atoms with Crippen molar-refractivity contribution in [3.63, 3.8) is 0 Å². The average molecular weight is 406 g/mol. The summed E-state index contributed by atoms with van der Waals surface area (Å²) in [5, 5.41) is 4.44. The van der Waals surface area contributed by atoms with Gasteiger partial charge in [0.1, 0.15) is 5.75 Å². The lowest BCUT2D eigenvalue weighted by Gasteiger charge is -2.28. The molecular formula is C25H31N3O2. The summed E-state index contributed by atoms with van der Waals surface area (Å²) in [6.07, 6.45) is 6.83. The Bertz CT molecular complexity index is 958. The highest BCUT2D eigenvalue weighted by Gasteiger charge is 2.24. The summed E-state index contributed by atoms with van der Waals surface area (Å²) in [5.74, 6) is 0.993. The molecule has 2 aromatic carbocycles. The summed E-state index contributed by atoms with van der Waals surface area (Å²) in [6.45, 7) is 2.83. The number of nitrogens with one attached hydrogen (secondary N) is 2. The third-order valence-corrected chi connectivity index (χ3v) is 6.10. The van der Waals surface area contributed by atoms with Crippen LogP contribution in [-0.4, -0.2) is 42.5 Å². The van der Waals surface area contributed by atoms with E-state index in [-0.39, 0.29) is 11.9 Å². The molecule has 1 saturated heterocycles. The van der Waals surface area contributed by atoms with E-state index in [0.717, 1.165) is 37.2 Å². The van der Waals surface area contributed by atoms with Crippen LogP contribution in [0.15, 0.2) is 54.7 Å². The highest BCUT2D eigenvalue weighted by atomic mass is 16.5. The lowest BCUT2D eigenvalue weighted by atomic mass is 10.0. The van der Waals surface area contributed by atoms with Crippen LogP contribution in [0.2, 0.25) is 0 Å². The first kappa shape index (κ1) is 20.5. The van der Waals surface area contributed by atoms with Crippen LogP contribution in [0.1, 0.15) is 42.9 Å². The number of amides is 1. The molecule has 1 atom stereocenters. The Hall–Kier alpha value is -2.79. The fourth-order valence-corrected chi connectivity index (χ4v) is 4.41. The van der Waals surface area contributed by atoms with Crippen LogP contribution < -0.4 is 10.1 Å². The third-order valence-electron chi connectivity index (χ3n) is 6.10. The minimum Gasteiger partial charge on any atom is -0.497 e. The normalized spacial score (nSPS) is 15.4. The van der Waals surface area contributed by atoms with Crippen molar-refractivity contribution in [3.05, 3.63) is 65.9 Å². The minimum atomic E-state index is 0.132. The van der Waals surface area contributed by atoms with Crippen molar-refractivity contribution in [1.82, 2.24) is 15.2 Å². The Balaban J connectivity index is 1.30. The molecule has 1 unspecified atom stereocenters. The van der Waals surface area contributed by atoms with Gasteiger partial charge in [0.15, 0.2) is 0 Å². The Morgan fingerprint density at radius 2 is 1.90 bits per heavy atom. The molecule has 0 aliphatic carbocycles. The molecule has 0 saturated carbocycles. The number of likely N-dealkylation sites (tertiary alicyclic amines) is 1. The Kier molecular flexibility index (Phi) is 6.70. The standard InChI is InChI=1S/C25H31N3O2/c1-30-21-13-11-19(12-14-21)24(28-15-4-5-16-28)18-27-25(29)10-6-7-20-17-26-23-9-3-2-8-22(20)23/h2-3,8-9,11-14,17,24,26H,4-7,10,15-16,18H2,1H3,(H,27,29). The molecule has 0 spiro atoms. The van der Waals surface area contributed by atoms with Gasteiger partial charge in [-0.2, -0.15) is 0 Å². The van der Waals surface area contributed by atoms with E-state index in [1.807, 2.05) is 18.2 Å². The molecule has 5 nitrogen and oxygen atoms in total. The number of benzene rings is 2. The SMILES string of the molecule is COc1ccc(C(CNC(=O)CCCc2c[nH]c3ccccc23)N2CCCC2)cc1. The Morgan fingerprint density at radius 3 is 2.67 bits per heavy atom. The van der Waals surface area contributed by atoms with Crippen LogP contribution in [0, 0.1) is 0 Å². The first-order chi connectivity index (χ1) is 14.7. The second kappa shape index (κ2) is 9.81. The number of carbonyl (C=O) groups excluding carboxylic acids is 1. The third kappa shape index (κ3) is 4.85. The molecule has 1 amide bonds. The molecule has 1 aromatic heterocycles. The molecule has 1 aliphatic heterocycles. The van der Waals surface area contributed by atoms with Gasteiger partial charge in [-0.3, -0.25) is 9.69 Å². The lowest BCUT2D eigenvalue weighted by molar-refractivity contribution is -0.121. The van der Waals surface area contributed by atoms with E-state index in [1.165, 1.54) is 29.4 Å². The molecule has 1 fully saturated rings. The minimum absolute atomic E-state index is 0.132. The second-order valence-corrected chi connectivity index (χ2v) is 8.05. The van der Waals surface area contributed by atoms with Gasteiger partial charge in [0.25, 0.3) is 0 Å². The molecule has 5 heteroatoms. The number of hydrogen-bond donors (Lipinski definition) is 2. The van der Waals surface area contributed by atoms with E-state index in [2.05, 4.69) is 51.7 Å². The lowest BCUT2D eigenvalue weighted by Crippen LogP contribution is -2.36. The number of aromatic nitrogens is 1. The Labute approximate surface area is 178 Å². The van der Waals surface area contributed by atoms with Crippen molar-refractivity contribution >= 4 is 16.8 Å². The number of para-hydroxylation sites is 1. The summed E-state index contributed by atoms with van der Waals surface area (Å²) in [5.41, 5.74) is 3.67. The zero-order chi connectivity index (χ0) is 20.8. The smallest absolute Gasteiger partial charge is 0.220 e.